The summed E-state index contributed by atoms with van der Waals surface area (Å²) in [5.41, 5.74) is 4.34. The van der Waals surface area contributed by atoms with Crippen molar-refractivity contribution in [1.29, 1.82) is 0 Å². The van der Waals surface area contributed by atoms with Crippen LogP contribution in [-0.4, -0.2) is 31.8 Å². The smallest absolute Gasteiger partial charge is 0.293 e. The molecule has 6 heteroatoms. The highest BCUT2D eigenvalue weighted by molar-refractivity contribution is 5.59. The molecule has 0 unspecified atom stereocenters. The topological polar surface area (TPSA) is 69.9 Å². The lowest BCUT2D eigenvalue weighted by molar-refractivity contribution is -0.138. The fourth-order valence-corrected chi connectivity index (χ4v) is 2.41. The van der Waals surface area contributed by atoms with Gasteiger partial charge in [-0.25, -0.2) is 0 Å². The van der Waals surface area contributed by atoms with Gasteiger partial charge in [0.15, 0.2) is 0 Å². The molecule has 3 rings (SSSR count). The zero-order valence-corrected chi connectivity index (χ0v) is 16.3. The minimum atomic E-state index is -0.318. The predicted octanol–water partition coefficient (Wildman–Crippen LogP) is 3.62. The summed E-state index contributed by atoms with van der Waals surface area (Å²) in [4.78, 5) is 17.7. The molecule has 0 saturated carbocycles. The van der Waals surface area contributed by atoms with Crippen molar-refractivity contribution in [3.63, 3.8) is 0 Å². The molecule has 0 aliphatic carbocycles. The summed E-state index contributed by atoms with van der Waals surface area (Å²) in [6, 6.07) is 10.3. The van der Waals surface area contributed by atoms with Crippen molar-refractivity contribution in [1.82, 2.24) is 19.7 Å². The van der Waals surface area contributed by atoms with Gasteiger partial charge in [0.2, 0.25) is 0 Å². The largest absolute Gasteiger partial charge is 0.462 e. The number of rotatable bonds is 5. The number of hydrogen-bond donors (Lipinski definition) is 0. The SMILES string of the molecule is CC(C)(C)OC=O.Cn1nc(CCc2ccncc2)cc1-c1ccncc1. The van der Waals surface area contributed by atoms with Crippen molar-refractivity contribution >= 4 is 6.47 Å². The van der Waals surface area contributed by atoms with Crippen molar-refractivity contribution in [3.8, 4) is 11.3 Å². The van der Waals surface area contributed by atoms with Crippen LogP contribution in [0.3, 0.4) is 0 Å². The van der Waals surface area contributed by atoms with Crippen LogP contribution >= 0.6 is 0 Å². The molecule has 0 saturated heterocycles. The monoisotopic (exact) mass is 366 g/mol. The van der Waals surface area contributed by atoms with Gasteiger partial charge in [-0.15, -0.1) is 0 Å². The molecule has 27 heavy (non-hydrogen) atoms. The number of aryl methyl sites for hydroxylation is 3. The van der Waals surface area contributed by atoms with Crippen molar-refractivity contribution in [2.45, 2.75) is 39.2 Å². The maximum absolute atomic E-state index is 9.60. The Balaban J connectivity index is 0.000000321. The lowest BCUT2D eigenvalue weighted by Crippen LogP contribution is -2.17. The molecule has 0 aliphatic rings. The molecule has 0 amide bonds. The highest BCUT2D eigenvalue weighted by Gasteiger charge is 2.08. The second-order valence-electron chi connectivity index (χ2n) is 7.06. The third kappa shape index (κ3) is 7.01. The molecular formula is C21H26N4O2. The van der Waals surface area contributed by atoms with Gasteiger partial charge in [0, 0.05) is 37.4 Å². The van der Waals surface area contributed by atoms with Gasteiger partial charge in [-0.3, -0.25) is 19.4 Å². The van der Waals surface area contributed by atoms with E-state index < -0.39 is 0 Å². The maximum Gasteiger partial charge on any atom is 0.293 e. The van der Waals surface area contributed by atoms with Crippen LogP contribution < -0.4 is 0 Å². The molecule has 0 radical (unpaired) electrons. The summed E-state index contributed by atoms with van der Waals surface area (Å²) in [5, 5.41) is 4.58. The van der Waals surface area contributed by atoms with Crippen LogP contribution in [0.25, 0.3) is 11.3 Å². The second-order valence-corrected chi connectivity index (χ2v) is 7.06. The van der Waals surface area contributed by atoms with Crippen LogP contribution in [0.5, 0.6) is 0 Å². The van der Waals surface area contributed by atoms with E-state index in [-0.39, 0.29) is 5.60 Å². The first-order chi connectivity index (χ1) is 12.9. The summed E-state index contributed by atoms with van der Waals surface area (Å²) in [5.74, 6) is 0. The molecule has 6 nitrogen and oxygen atoms in total. The molecule has 3 aromatic rings. The van der Waals surface area contributed by atoms with Crippen LogP contribution in [0.1, 0.15) is 32.0 Å². The molecule has 0 bridgehead atoms. The number of nitrogens with zero attached hydrogens (tertiary/aromatic N) is 4. The van der Waals surface area contributed by atoms with Gasteiger partial charge in [0.1, 0.15) is 5.60 Å². The molecule has 3 aromatic heterocycles. The first kappa shape index (κ1) is 20.3. The maximum atomic E-state index is 9.60. The van der Waals surface area contributed by atoms with Gasteiger partial charge in [0.05, 0.1) is 11.4 Å². The lowest BCUT2D eigenvalue weighted by Gasteiger charge is -2.14. The number of ether oxygens (including phenoxy) is 1. The summed E-state index contributed by atoms with van der Waals surface area (Å²) in [6.45, 7) is 5.92. The van der Waals surface area contributed by atoms with Gasteiger partial charge < -0.3 is 4.74 Å². The van der Waals surface area contributed by atoms with Gasteiger partial charge >= 0.3 is 0 Å². The average molecular weight is 366 g/mol. The molecular weight excluding hydrogens is 340 g/mol. The molecule has 0 spiro atoms. The first-order valence-electron chi connectivity index (χ1n) is 8.83. The number of aromatic nitrogens is 4. The Labute approximate surface area is 160 Å². The number of carbonyl (C=O) groups is 1. The van der Waals surface area contributed by atoms with Crippen LogP contribution in [-0.2, 0) is 29.4 Å². The fraction of sp³-hybridized carbons (Fsp3) is 0.333. The summed E-state index contributed by atoms with van der Waals surface area (Å²) in [7, 11) is 1.98. The minimum absolute atomic E-state index is 0.318. The van der Waals surface area contributed by atoms with E-state index in [1.54, 1.807) is 12.4 Å². The average Bonchev–Trinajstić information content (AvgIpc) is 3.02. The van der Waals surface area contributed by atoms with Crippen molar-refractivity contribution in [2.24, 2.45) is 7.05 Å². The van der Waals surface area contributed by atoms with Crippen molar-refractivity contribution in [2.75, 3.05) is 0 Å². The second kappa shape index (κ2) is 9.62. The van der Waals surface area contributed by atoms with E-state index >= 15 is 0 Å². The lowest BCUT2D eigenvalue weighted by atomic mass is 10.1. The van der Waals surface area contributed by atoms with Gasteiger partial charge in [0.25, 0.3) is 6.47 Å². The van der Waals surface area contributed by atoms with E-state index in [1.165, 1.54) is 5.56 Å². The normalized spacial score (nSPS) is 10.7. The van der Waals surface area contributed by atoms with Gasteiger partial charge in [-0.1, -0.05) is 0 Å². The highest BCUT2D eigenvalue weighted by atomic mass is 16.5. The first-order valence-corrected chi connectivity index (χ1v) is 8.83. The Bertz CT molecular complexity index is 824. The van der Waals surface area contributed by atoms with Crippen molar-refractivity contribution < 1.29 is 9.53 Å². The van der Waals surface area contributed by atoms with Gasteiger partial charge in [-0.2, -0.15) is 5.10 Å². The minimum Gasteiger partial charge on any atom is -0.462 e. The Morgan fingerprint density at radius 3 is 2.11 bits per heavy atom. The Morgan fingerprint density at radius 2 is 1.59 bits per heavy atom. The zero-order valence-electron chi connectivity index (χ0n) is 16.3. The van der Waals surface area contributed by atoms with E-state index in [4.69, 9.17) is 0 Å². The van der Waals surface area contributed by atoms with Crippen LogP contribution in [0.4, 0.5) is 0 Å². The Kier molecular flexibility index (Phi) is 7.23. The summed E-state index contributed by atoms with van der Waals surface area (Å²) >= 11 is 0. The molecule has 0 fully saturated rings. The standard InChI is InChI=1S/C16H16N4.C5H10O2/c1-20-16(14-6-10-18-11-7-14)12-15(19-20)3-2-13-4-8-17-9-5-13;1-5(2,3)7-4-6/h4-12H,2-3H2,1H3;4H,1-3H3. The Hall–Kier alpha value is -3.02. The molecule has 0 aromatic carbocycles. The number of carbonyl (C=O) groups excluding carboxylic acids is 1. The van der Waals surface area contributed by atoms with Crippen LogP contribution in [0.2, 0.25) is 0 Å². The van der Waals surface area contributed by atoms with E-state index in [0.717, 1.165) is 29.8 Å². The van der Waals surface area contributed by atoms with E-state index in [1.807, 2.05) is 69.2 Å². The van der Waals surface area contributed by atoms with Crippen LogP contribution in [0, 0.1) is 0 Å². The number of pyridine rings is 2. The van der Waals surface area contributed by atoms with E-state index in [0.29, 0.717) is 6.47 Å². The van der Waals surface area contributed by atoms with Crippen LogP contribution in [0.15, 0.2) is 55.1 Å². The third-order valence-electron chi connectivity index (χ3n) is 3.73. The highest BCUT2D eigenvalue weighted by Crippen LogP contribution is 2.19. The summed E-state index contributed by atoms with van der Waals surface area (Å²) < 4.78 is 6.48. The summed E-state index contributed by atoms with van der Waals surface area (Å²) in [6.07, 6.45) is 9.18. The zero-order chi connectivity index (χ0) is 19.7. The van der Waals surface area contributed by atoms with Crippen molar-refractivity contribution in [3.05, 3.63) is 66.4 Å². The van der Waals surface area contributed by atoms with E-state index in [9.17, 15) is 4.79 Å². The molecule has 0 N–H and O–H groups in total. The van der Waals surface area contributed by atoms with E-state index in [2.05, 4.69) is 25.9 Å². The van der Waals surface area contributed by atoms with Gasteiger partial charge in [-0.05, 0) is 69.5 Å². The fourth-order valence-electron chi connectivity index (χ4n) is 2.41. The Morgan fingerprint density at radius 1 is 1.00 bits per heavy atom. The molecule has 0 aliphatic heterocycles. The molecule has 142 valence electrons. The predicted molar refractivity (Wildman–Crippen MR) is 105 cm³/mol. The quantitative estimate of drug-likeness (QED) is 0.645. The molecule has 3 heterocycles. The third-order valence-corrected chi connectivity index (χ3v) is 3.73. The molecule has 0 atom stereocenters. The number of hydrogen-bond acceptors (Lipinski definition) is 5.